The Hall–Kier alpha value is -3.03. The summed E-state index contributed by atoms with van der Waals surface area (Å²) in [4.78, 5) is 0. The average Bonchev–Trinajstić information content (AvgIpc) is 2.71. The van der Waals surface area contributed by atoms with E-state index in [4.69, 9.17) is 4.52 Å². The summed E-state index contributed by atoms with van der Waals surface area (Å²) in [5.41, 5.74) is 2.75. The number of phenolic OH excluding ortho intramolecular Hbond substituents is 1. The Balaban J connectivity index is 1.85. The molecule has 1 N–H and O–H groups in total. The minimum Gasteiger partial charge on any atom is -0.506 e. The van der Waals surface area contributed by atoms with Crippen LogP contribution in [0.25, 0.3) is 21.9 Å². The molecule has 1 aliphatic rings. The van der Waals surface area contributed by atoms with Gasteiger partial charge >= 0.3 is 7.37 Å². The van der Waals surface area contributed by atoms with Gasteiger partial charge in [-0.1, -0.05) is 60.7 Å². The summed E-state index contributed by atoms with van der Waals surface area (Å²) in [6.07, 6.45) is 0. The number of hydrogen-bond acceptors (Lipinski definition) is 3. The number of aryl methyl sites for hydroxylation is 1. The summed E-state index contributed by atoms with van der Waals surface area (Å²) in [6, 6.07) is 24.5. The highest BCUT2D eigenvalue weighted by Crippen LogP contribution is 2.55. The zero-order valence-electron chi connectivity index (χ0n) is 14.7. The first-order valence-electron chi connectivity index (χ1n) is 8.80. The van der Waals surface area contributed by atoms with Crippen LogP contribution in [0.3, 0.4) is 0 Å². The van der Waals surface area contributed by atoms with E-state index in [9.17, 15) is 9.67 Å². The van der Waals surface area contributed by atoms with E-state index < -0.39 is 7.37 Å². The van der Waals surface area contributed by atoms with Crippen molar-refractivity contribution in [3.63, 3.8) is 0 Å². The van der Waals surface area contributed by atoms with Crippen LogP contribution in [0.2, 0.25) is 0 Å². The van der Waals surface area contributed by atoms with E-state index in [1.165, 1.54) is 0 Å². The van der Waals surface area contributed by atoms with Crippen molar-refractivity contribution in [3.05, 3.63) is 84.4 Å². The van der Waals surface area contributed by atoms with Crippen LogP contribution in [0.5, 0.6) is 11.5 Å². The Morgan fingerprint density at radius 1 is 0.778 bits per heavy atom. The van der Waals surface area contributed by atoms with E-state index in [0.29, 0.717) is 21.7 Å². The van der Waals surface area contributed by atoms with Crippen LogP contribution in [-0.4, -0.2) is 5.11 Å². The standard InChI is InChI=1S/C23H17O3P/c1-15-14-22(23(24)19-11-3-2-8-16(15)19)27(25)21-13-7-5-10-18(21)17-9-4-6-12-20(17)26-27/h2-14,24H,1H3. The van der Waals surface area contributed by atoms with Gasteiger partial charge in [-0.15, -0.1) is 0 Å². The molecule has 1 atom stereocenters. The van der Waals surface area contributed by atoms with Gasteiger partial charge in [0.1, 0.15) is 11.5 Å². The molecule has 132 valence electrons. The van der Waals surface area contributed by atoms with Gasteiger partial charge in [0.25, 0.3) is 0 Å². The Bertz CT molecular complexity index is 1260. The van der Waals surface area contributed by atoms with Crippen LogP contribution in [-0.2, 0) is 4.57 Å². The summed E-state index contributed by atoms with van der Waals surface area (Å²) >= 11 is 0. The highest BCUT2D eigenvalue weighted by atomic mass is 31.2. The maximum absolute atomic E-state index is 14.3. The summed E-state index contributed by atoms with van der Waals surface area (Å²) < 4.78 is 20.4. The van der Waals surface area contributed by atoms with Crippen molar-refractivity contribution in [1.82, 2.24) is 0 Å². The molecule has 0 bridgehead atoms. The molecule has 4 heteroatoms. The second-order valence-electron chi connectivity index (χ2n) is 6.76. The highest BCUT2D eigenvalue weighted by Gasteiger charge is 2.40. The third-order valence-corrected chi connectivity index (χ3v) is 7.60. The second-order valence-corrected chi connectivity index (χ2v) is 9.01. The predicted octanol–water partition coefficient (Wildman–Crippen LogP) is 5.14. The van der Waals surface area contributed by atoms with E-state index in [2.05, 4.69) is 0 Å². The van der Waals surface area contributed by atoms with Crippen molar-refractivity contribution < 1.29 is 14.2 Å². The van der Waals surface area contributed by atoms with Gasteiger partial charge in [-0.05, 0) is 41.6 Å². The van der Waals surface area contributed by atoms with Gasteiger partial charge in [-0.2, -0.15) is 0 Å². The topological polar surface area (TPSA) is 46.5 Å². The first kappa shape index (κ1) is 16.2. The quantitative estimate of drug-likeness (QED) is 0.471. The van der Waals surface area contributed by atoms with E-state index in [-0.39, 0.29) is 5.75 Å². The van der Waals surface area contributed by atoms with Crippen LogP contribution < -0.4 is 15.1 Å². The van der Waals surface area contributed by atoms with Crippen LogP contribution in [0.1, 0.15) is 5.56 Å². The smallest absolute Gasteiger partial charge is 0.311 e. The summed E-state index contributed by atoms with van der Waals surface area (Å²) in [5, 5.41) is 13.6. The van der Waals surface area contributed by atoms with Gasteiger partial charge in [-0.25, -0.2) is 0 Å². The average molecular weight is 372 g/mol. The molecule has 0 aromatic heterocycles. The van der Waals surface area contributed by atoms with Gasteiger partial charge < -0.3 is 9.63 Å². The molecule has 5 rings (SSSR count). The fourth-order valence-electron chi connectivity index (χ4n) is 3.84. The number of aromatic hydroxyl groups is 1. The lowest BCUT2D eigenvalue weighted by Crippen LogP contribution is -2.25. The fourth-order valence-corrected chi connectivity index (χ4v) is 6.29. The van der Waals surface area contributed by atoms with Crippen LogP contribution in [0.4, 0.5) is 0 Å². The van der Waals surface area contributed by atoms with Gasteiger partial charge in [0.15, 0.2) is 0 Å². The van der Waals surface area contributed by atoms with E-state index in [1.54, 1.807) is 6.07 Å². The molecule has 1 heterocycles. The molecule has 0 saturated carbocycles. The molecule has 4 aromatic carbocycles. The van der Waals surface area contributed by atoms with Crippen LogP contribution in [0, 0.1) is 6.92 Å². The SMILES string of the molecule is Cc1cc(P2(=O)Oc3ccccc3-c3ccccc32)c(O)c2ccccc12. The lowest BCUT2D eigenvalue weighted by atomic mass is 10.0. The molecule has 0 fully saturated rings. The Kier molecular flexibility index (Phi) is 3.43. The monoisotopic (exact) mass is 372 g/mol. The van der Waals surface area contributed by atoms with Crippen molar-refractivity contribution in [1.29, 1.82) is 0 Å². The minimum absolute atomic E-state index is 0.0220. The predicted molar refractivity (Wildman–Crippen MR) is 110 cm³/mol. The third kappa shape index (κ3) is 2.25. The Morgan fingerprint density at radius 2 is 1.41 bits per heavy atom. The molecule has 4 aromatic rings. The summed E-state index contributed by atoms with van der Waals surface area (Å²) in [5.74, 6) is 0.596. The Morgan fingerprint density at radius 3 is 2.22 bits per heavy atom. The van der Waals surface area contributed by atoms with Crippen molar-refractivity contribution in [2.24, 2.45) is 0 Å². The zero-order chi connectivity index (χ0) is 18.6. The molecule has 1 aliphatic heterocycles. The second kappa shape index (κ2) is 5.73. The number of para-hydroxylation sites is 1. The molecule has 0 radical (unpaired) electrons. The van der Waals surface area contributed by atoms with Gasteiger partial charge in [-0.3, -0.25) is 4.57 Å². The number of hydrogen-bond donors (Lipinski definition) is 1. The van der Waals surface area contributed by atoms with E-state index >= 15 is 0 Å². The number of phenols is 1. The van der Waals surface area contributed by atoms with Crippen LogP contribution in [0.15, 0.2) is 78.9 Å². The largest absolute Gasteiger partial charge is 0.506 e. The van der Waals surface area contributed by atoms with Gasteiger partial charge in [0, 0.05) is 10.9 Å². The van der Waals surface area contributed by atoms with E-state index in [0.717, 1.165) is 22.1 Å². The van der Waals surface area contributed by atoms with Crippen molar-refractivity contribution in [2.75, 3.05) is 0 Å². The molecule has 0 saturated heterocycles. The normalized spacial score (nSPS) is 17.8. The molecule has 0 aliphatic carbocycles. The maximum Gasteiger partial charge on any atom is 0.311 e. The molecule has 1 unspecified atom stereocenters. The van der Waals surface area contributed by atoms with Crippen molar-refractivity contribution >= 4 is 28.8 Å². The molecule has 0 spiro atoms. The van der Waals surface area contributed by atoms with Gasteiger partial charge in [0.2, 0.25) is 0 Å². The molecular weight excluding hydrogens is 355 g/mol. The first-order chi connectivity index (χ1) is 13.1. The van der Waals surface area contributed by atoms with E-state index in [1.807, 2.05) is 79.7 Å². The number of fused-ring (bicyclic) bond motifs is 4. The first-order valence-corrected chi connectivity index (χ1v) is 10.4. The molecule has 0 amide bonds. The minimum atomic E-state index is -3.51. The molecule has 27 heavy (non-hydrogen) atoms. The van der Waals surface area contributed by atoms with Crippen molar-refractivity contribution in [3.8, 4) is 22.6 Å². The fraction of sp³-hybridized carbons (Fsp3) is 0.0435. The zero-order valence-corrected chi connectivity index (χ0v) is 15.6. The maximum atomic E-state index is 14.3. The highest BCUT2D eigenvalue weighted by molar-refractivity contribution is 7.75. The van der Waals surface area contributed by atoms with Gasteiger partial charge in [0.05, 0.1) is 10.6 Å². The Labute approximate surface area is 157 Å². The molecular formula is C23H17O3P. The van der Waals surface area contributed by atoms with Crippen LogP contribution >= 0.6 is 7.37 Å². The van der Waals surface area contributed by atoms with Crippen molar-refractivity contribution in [2.45, 2.75) is 6.92 Å². The lowest BCUT2D eigenvalue weighted by Gasteiger charge is -2.29. The molecule has 3 nitrogen and oxygen atoms in total. The summed E-state index contributed by atoms with van der Waals surface area (Å²) in [7, 11) is -3.51. The third-order valence-electron chi connectivity index (χ3n) is 5.15. The number of rotatable bonds is 1. The summed E-state index contributed by atoms with van der Waals surface area (Å²) in [6.45, 7) is 1.96. The lowest BCUT2D eigenvalue weighted by molar-refractivity contribution is 0.477. The number of benzene rings is 4.